The first kappa shape index (κ1) is 12.1. The normalized spacial score (nSPS) is 11.5. The number of nitrogens with one attached hydrogen (secondary N) is 1. The highest BCUT2D eigenvalue weighted by Gasteiger charge is 2.06. The van der Waals surface area contributed by atoms with Crippen molar-refractivity contribution < 1.29 is 4.92 Å². The zero-order valence-electron chi connectivity index (χ0n) is 7.94. The highest BCUT2D eigenvalue weighted by molar-refractivity contribution is 9.11. The summed E-state index contributed by atoms with van der Waals surface area (Å²) >= 11 is 4.71. The number of aromatic nitrogens is 1. The molecule has 1 heterocycles. The maximum absolute atomic E-state index is 10.3. The lowest BCUT2D eigenvalue weighted by Gasteiger charge is -2.02. The maximum Gasteiger partial charge on any atom is 0.259 e. The number of amidine groups is 1. The largest absolute Gasteiger partial charge is 0.363 e. The van der Waals surface area contributed by atoms with Gasteiger partial charge < -0.3 is 5.32 Å². The van der Waals surface area contributed by atoms with E-state index in [1.54, 1.807) is 6.20 Å². The van der Waals surface area contributed by atoms with Crippen molar-refractivity contribution in [1.29, 1.82) is 0 Å². The fourth-order valence-corrected chi connectivity index (χ4v) is 2.18. The predicted octanol–water partition coefficient (Wildman–Crippen LogP) is 1.30. The molecule has 0 unspecified atom stereocenters. The van der Waals surface area contributed by atoms with Crippen LogP contribution >= 0.6 is 27.3 Å². The summed E-state index contributed by atoms with van der Waals surface area (Å²) < 4.78 is 0.795. The molecule has 0 spiro atoms. The molecule has 0 atom stereocenters. The molecule has 0 aliphatic carbocycles. The van der Waals surface area contributed by atoms with Crippen LogP contribution in [0.2, 0.25) is 0 Å². The van der Waals surface area contributed by atoms with Gasteiger partial charge in [-0.2, -0.15) is 0 Å². The Balaban J connectivity index is 2.45. The molecule has 0 aliphatic heterocycles. The maximum atomic E-state index is 10.3. The van der Waals surface area contributed by atoms with E-state index in [-0.39, 0.29) is 6.54 Å². The smallest absolute Gasteiger partial charge is 0.259 e. The quantitative estimate of drug-likeness (QED) is 0.393. The number of thiazole rings is 1. The van der Waals surface area contributed by atoms with E-state index in [1.807, 2.05) is 0 Å². The van der Waals surface area contributed by atoms with Crippen molar-refractivity contribution in [3.63, 3.8) is 0 Å². The first-order valence-electron chi connectivity index (χ1n) is 4.03. The van der Waals surface area contributed by atoms with Crippen LogP contribution in [-0.4, -0.2) is 29.3 Å². The van der Waals surface area contributed by atoms with Crippen LogP contribution in [0.15, 0.2) is 15.1 Å². The summed E-state index contributed by atoms with van der Waals surface area (Å²) in [6.07, 6.45) is 1.71. The minimum atomic E-state index is -0.419. The van der Waals surface area contributed by atoms with Gasteiger partial charge in [-0.15, -0.1) is 11.3 Å². The fraction of sp³-hybridized carbons (Fsp3) is 0.429. The summed E-state index contributed by atoms with van der Waals surface area (Å²) in [4.78, 5) is 18.6. The van der Waals surface area contributed by atoms with Crippen LogP contribution < -0.4 is 5.32 Å². The van der Waals surface area contributed by atoms with Crippen molar-refractivity contribution in [2.45, 2.75) is 6.54 Å². The number of hydrogen-bond acceptors (Lipinski definition) is 5. The topological polar surface area (TPSA) is 80.4 Å². The van der Waals surface area contributed by atoms with E-state index in [4.69, 9.17) is 0 Å². The standard InChI is InChI=1S/C7H9BrN4O2S/c1-9-6(4-12(13)14)10-2-5-3-11-7(8)15-5/h3H,2,4H2,1H3,(H,9,10). The summed E-state index contributed by atoms with van der Waals surface area (Å²) in [6.45, 7) is 0.222. The summed E-state index contributed by atoms with van der Waals surface area (Å²) in [7, 11) is 1.52. The third-order valence-corrected chi connectivity index (χ3v) is 3.02. The van der Waals surface area contributed by atoms with E-state index >= 15 is 0 Å². The van der Waals surface area contributed by atoms with E-state index in [0.29, 0.717) is 12.4 Å². The van der Waals surface area contributed by atoms with E-state index in [0.717, 1.165) is 8.79 Å². The number of hydrogen-bond donors (Lipinski definition) is 1. The second-order valence-electron chi connectivity index (χ2n) is 2.59. The zero-order chi connectivity index (χ0) is 11.3. The van der Waals surface area contributed by atoms with Crippen molar-refractivity contribution >= 4 is 33.1 Å². The molecule has 0 radical (unpaired) electrons. The van der Waals surface area contributed by atoms with Crippen LogP contribution in [0.5, 0.6) is 0 Å². The molecule has 1 aromatic rings. The highest BCUT2D eigenvalue weighted by Crippen LogP contribution is 2.17. The molecule has 82 valence electrons. The van der Waals surface area contributed by atoms with Crippen LogP contribution in [0.3, 0.4) is 0 Å². The van der Waals surface area contributed by atoms with Crippen molar-refractivity contribution in [3.8, 4) is 0 Å². The number of rotatable bonds is 4. The van der Waals surface area contributed by atoms with E-state index in [2.05, 4.69) is 31.2 Å². The third kappa shape index (κ3) is 4.34. The second-order valence-corrected chi connectivity index (χ2v) is 4.99. The molecule has 0 saturated carbocycles. The summed E-state index contributed by atoms with van der Waals surface area (Å²) in [5.41, 5.74) is 0. The highest BCUT2D eigenvalue weighted by atomic mass is 79.9. The number of nitrogens with zero attached hydrogens (tertiary/aromatic N) is 3. The monoisotopic (exact) mass is 292 g/mol. The Labute approximate surface area is 98.7 Å². The Hall–Kier alpha value is -1.02. The molecular weight excluding hydrogens is 284 g/mol. The van der Waals surface area contributed by atoms with Gasteiger partial charge in [-0.3, -0.25) is 15.1 Å². The van der Waals surface area contributed by atoms with E-state index < -0.39 is 4.92 Å². The van der Waals surface area contributed by atoms with Gasteiger partial charge in [0.2, 0.25) is 0 Å². The van der Waals surface area contributed by atoms with Crippen LogP contribution in [-0.2, 0) is 6.54 Å². The van der Waals surface area contributed by atoms with Crippen molar-refractivity contribution in [2.75, 3.05) is 13.6 Å². The number of nitro groups is 1. The SMILES string of the molecule is CN=C(C[N+](=O)[O-])NCc1cnc(Br)s1. The Morgan fingerprint density at radius 2 is 2.60 bits per heavy atom. The van der Waals surface area contributed by atoms with Crippen LogP contribution in [0.1, 0.15) is 4.88 Å². The van der Waals surface area contributed by atoms with Crippen LogP contribution in [0.25, 0.3) is 0 Å². The Bertz CT molecular complexity index is 379. The number of aliphatic imine (C=N–C) groups is 1. The van der Waals surface area contributed by atoms with Crippen molar-refractivity contribution in [2.24, 2.45) is 4.99 Å². The van der Waals surface area contributed by atoms with Crippen LogP contribution in [0.4, 0.5) is 0 Å². The van der Waals surface area contributed by atoms with Gasteiger partial charge in [0, 0.05) is 23.0 Å². The molecule has 0 fully saturated rings. The molecule has 0 aliphatic rings. The Morgan fingerprint density at radius 3 is 3.07 bits per heavy atom. The van der Waals surface area contributed by atoms with Crippen LogP contribution in [0, 0.1) is 10.1 Å². The molecule has 15 heavy (non-hydrogen) atoms. The lowest BCUT2D eigenvalue weighted by Crippen LogP contribution is -2.29. The van der Waals surface area contributed by atoms with Gasteiger partial charge in [-0.1, -0.05) is 0 Å². The van der Waals surface area contributed by atoms with Gasteiger partial charge in [-0.25, -0.2) is 4.98 Å². The minimum absolute atomic E-state index is 0.281. The first-order chi connectivity index (χ1) is 7.11. The van der Waals surface area contributed by atoms with Crippen molar-refractivity contribution in [3.05, 3.63) is 25.1 Å². The summed E-state index contributed by atoms with van der Waals surface area (Å²) in [5.74, 6) is 0.365. The van der Waals surface area contributed by atoms with E-state index in [9.17, 15) is 10.1 Å². The molecule has 0 saturated heterocycles. The molecule has 1 N–H and O–H groups in total. The molecule has 0 bridgehead atoms. The molecule has 0 amide bonds. The summed E-state index contributed by atoms with van der Waals surface area (Å²) in [6, 6.07) is 0. The van der Waals surface area contributed by atoms with Gasteiger partial charge in [0.05, 0.1) is 6.54 Å². The first-order valence-corrected chi connectivity index (χ1v) is 5.64. The predicted molar refractivity (Wildman–Crippen MR) is 61.9 cm³/mol. The molecular formula is C7H9BrN4O2S. The average molecular weight is 293 g/mol. The van der Waals surface area contributed by atoms with Gasteiger partial charge in [0.25, 0.3) is 6.54 Å². The molecule has 0 aromatic carbocycles. The van der Waals surface area contributed by atoms with Crippen molar-refractivity contribution in [1.82, 2.24) is 10.3 Å². The fourth-order valence-electron chi connectivity index (χ4n) is 0.882. The molecule has 6 nitrogen and oxygen atoms in total. The van der Waals surface area contributed by atoms with Gasteiger partial charge in [-0.05, 0) is 15.9 Å². The minimum Gasteiger partial charge on any atom is -0.363 e. The number of halogens is 1. The second kappa shape index (κ2) is 5.76. The third-order valence-electron chi connectivity index (χ3n) is 1.54. The molecule has 1 rings (SSSR count). The van der Waals surface area contributed by atoms with Gasteiger partial charge >= 0.3 is 0 Å². The zero-order valence-corrected chi connectivity index (χ0v) is 10.3. The van der Waals surface area contributed by atoms with Gasteiger partial charge in [0.15, 0.2) is 9.75 Å². The Kier molecular flexibility index (Phi) is 4.63. The summed E-state index contributed by atoms with van der Waals surface area (Å²) in [5, 5.41) is 13.1. The van der Waals surface area contributed by atoms with E-state index in [1.165, 1.54) is 18.4 Å². The van der Waals surface area contributed by atoms with Gasteiger partial charge in [0.1, 0.15) is 0 Å². The Morgan fingerprint density at radius 1 is 1.87 bits per heavy atom. The molecule has 8 heteroatoms. The molecule has 1 aromatic heterocycles. The lowest BCUT2D eigenvalue weighted by molar-refractivity contribution is -0.463. The lowest BCUT2D eigenvalue weighted by atomic mass is 10.5. The average Bonchev–Trinajstić information content (AvgIpc) is 2.58.